The average molecular weight is 204 g/mol. The molecule has 1 aliphatic carbocycles. The first-order valence-corrected chi connectivity index (χ1v) is 6.02. The van der Waals surface area contributed by atoms with Crippen LogP contribution >= 0.6 is 11.8 Å². The monoisotopic (exact) mass is 204 g/mol. The molecule has 0 amide bonds. The van der Waals surface area contributed by atoms with Crippen LogP contribution in [0.25, 0.3) is 0 Å². The van der Waals surface area contributed by atoms with Crippen LogP contribution in [0.15, 0.2) is 29.2 Å². The predicted octanol–water partition coefficient (Wildman–Crippen LogP) is 3.00. The highest BCUT2D eigenvalue weighted by molar-refractivity contribution is 8.01. The first-order valence-electron chi connectivity index (χ1n) is 5.14. The van der Waals surface area contributed by atoms with E-state index in [1.165, 1.54) is 16.9 Å². The largest absolute Gasteiger partial charge is 0.298 e. The molecule has 0 bridgehead atoms. The topological polar surface area (TPSA) is 17.1 Å². The van der Waals surface area contributed by atoms with Crippen molar-refractivity contribution in [3.05, 3.63) is 29.8 Å². The van der Waals surface area contributed by atoms with Gasteiger partial charge in [0.1, 0.15) is 5.78 Å². The Labute approximate surface area is 87.9 Å². The van der Waals surface area contributed by atoms with Crippen molar-refractivity contribution in [1.29, 1.82) is 0 Å². The van der Waals surface area contributed by atoms with Crippen LogP contribution in [0.5, 0.6) is 0 Å². The summed E-state index contributed by atoms with van der Waals surface area (Å²) in [6.07, 6.45) is 3.07. The van der Waals surface area contributed by atoms with Crippen LogP contribution in [0.4, 0.5) is 0 Å². The van der Waals surface area contributed by atoms with Gasteiger partial charge in [-0.2, -0.15) is 0 Å². The van der Waals surface area contributed by atoms with Crippen LogP contribution in [-0.4, -0.2) is 11.0 Å². The second-order valence-electron chi connectivity index (χ2n) is 4.04. The van der Waals surface area contributed by atoms with Gasteiger partial charge in [0, 0.05) is 17.2 Å². The third-order valence-electron chi connectivity index (χ3n) is 3.19. The molecule has 3 rings (SSSR count). The maximum absolute atomic E-state index is 11.7. The lowest BCUT2D eigenvalue weighted by atomic mass is 9.83. The maximum atomic E-state index is 11.7. The summed E-state index contributed by atoms with van der Waals surface area (Å²) in [5.74, 6) is 0.972. The molecule has 72 valence electrons. The molecule has 1 saturated carbocycles. The van der Waals surface area contributed by atoms with Gasteiger partial charge in [-0.15, -0.1) is 11.8 Å². The SMILES string of the molecule is O=C1CCCC2c3ccccc3SC12. The summed E-state index contributed by atoms with van der Waals surface area (Å²) < 4.78 is 0. The zero-order valence-electron chi connectivity index (χ0n) is 7.90. The molecule has 1 heterocycles. The van der Waals surface area contributed by atoms with E-state index in [0.29, 0.717) is 11.7 Å². The van der Waals surface area contributed by atoms with Crippen LogP contribution in [0, 0.1) is 0 Å². The first-order chi connectivity index (χ1) is 6.86. The molecule has 1 aromatic rings. The second-order valence-corrected chi connectivity index (χ2v) is 5.22. The molecule has 0 N–H and O–H groups in total. The Morgan fingerprint density at radius 2 is 2.14 bits per heavy atom. The summed E-state index contributed by atoms with van der Waals surface area (Å²) in [6.45, 7) is 0. The number of fused-ring (bicyclic) bond motifs is 3. The molecule has 2 atom stereocenters. The van der Waals surface area contributed by atoms with Crippen molar-refractivity contribution in [2.24, 2.45) is 0 Å². The second kappa shape index (κ2) is 3.13. The number of ketones is 1. The molecule has 0 aromatic heterocycles. The molecule has 1 aliphatic heterocycles. The highest BCUT2D eigenvalue weighted by Gasteiger charge is 2.39. The minimum Gasteiger partial charge on any atom is -0.298 e. The quantitative estimate of drug-likeness (QED) is 0.646. The molecule has 0 radical (unpaired) electrons. The summed E-state index contributed by atoms with van der Waals surface area (Å²) in [5, 5.41) is 0.237. The highest BCUT2D eigenvalue weighted by atomic mass is 32.2. The van der Waals surface area contributed by atoms with Gasteiger partial charge in [0.15, 0.2) is 0 Å². The van der Waals surface area contributed by atoms with Gasteiger partial charge < -0.3 is 0 Å². The van der Waals surface area contributed by atoms with Gasteiger partial charge in [0.25, 0.3) is 0 Å². The number of rotatable bonds is 0. The Hall–Kier alpha value is -0.760. The molecule has 1 nitrogen and oxygen atoms in total. The molecule has 1 aromatic carbocycles. The molecule has 2 heteroatoms. The Kier molecular flexibility index (Phi) is 1.91. The average Bonchev–Trinajstić information content (AvgIpc) is 2.59. The molecular formula is C12H12OS. The van der Waals surface area contributed by atoms with E-state index in [1.807, 2.05) is 0 Å². The highest BCUT2D eigenvalue weighted by Crippen LogP contribution is 2.50. The number of benzene rings is 1. The van der Waals surface area contributed by atoms with Crippen molar-refractivity contribution < 1.29 is 4.79 Å². The zero-order valence-corrected chi connectivity index (χ0v) is 8.72. The fraction of sp³-hybridized carbons (Fsp3) is 0.417. The smallest absolute Gasteiger partial charge is 0.146 e. The van der Waals surface area contributed by atoms with E-state index < -0.39 is 0 Å². The van der Waals surface area contributed by atoms with E-state index in [-0.39, 0.29) is 5.25 Å². The lowest BCUT2D eigenvalue weighted by Gasteiger charge is -2.23. The number of hydrogen-bond acceptors (Lipinski definition) is 2. The van der Waals surface area contributed by atoms with E-state index in [4.69, 9.17) is 0 Å². The van der Waals surface area contributed by atoms with Crippen molar-refractivity contribution in [2.75, 3.05) is 0 Å². The van der Waals surface area contributed by atoms with Gasteiger partial charge in [-0.1, -0.05) is 18.2 Å². The van der Waals surface area contributed by atoms with E-state index in [0.717, 1.165) is 12.8 Å². The van der Waals surface area contributed by atoms with Gasteiger partial charge >= 0.3 is 0 Å². The first kappa shape index (κ1) is 8.54. The Bertz CT molecular complexity index is 386. The lowest BCUT2D eigenvalue weighted by molar-refractivity contribution is -0.120. The van der Waals surface area contributed by atoms with Crippen LogP contribution in [0.1, 0.15) is 30.7 Å². The van der Waals surface area contributed by atoms with Crippen molar-refractivity contribution >= 4 is 17.5 Å². The Morgan fingerprint density at radius 1 is 1.29 bits per heavy atom. The summed E-state index contributed by atoms with van der Waals surface area (Å²) in [4.78, 5) is 13.1. The molecule has 2 aliphatic rings. The Morgan fingerprint density at radius 3 is 3.07 bits per heavy atom. The summed E-state index contributed by atoms with van der Waals surface area (Å²) in [6, 6.07) is 8.48. The number of hydrogen-bond donors (Lipinski definition) is 0. The van der Waals surface area contributed by atoms with Crippen molar-refractivity contribution in [1.82, 2.24) is 0 Å². The molecule has 2 unspecified atom stereocenters. The van der Waals surface area contributed by atoms with Crippen LogP contribution in [-0.2, 0) is 4.79 Å². The van der Waals surface area contributed by atoms with Crippen LogP contribution in [0.3, 0.4) is 0 Å². The van der Waals surface area contributed by atoms with Gasteiger partial charge in [-0.05, 0) is 24.5 Å². The minimum absolute atomic E-state index is 0.237. The van der Waals surface area contributed by atoms with Gasteiger partial charge in [-0.3, -0.25) is 4.79 Å². The third-order valence-corrected chi connectivity index (χ3v) is 4.66. The van der Waals surface area contributed by atoms with E-state index in [1.54, 1.807) is 11.8 Å². The minimum atomic E-state index is 0.237. The molecule has 14 heavy (non-hydrogen) atoms. The van der Waals surface area contributed by atoms with Crippen LogP contribution in [0.2, 0.25) is 0 Å². The number of Topliss-reactive ketones (excluding diaryl/α,β-unsaturated/α-hetero) is 1. The fourth-order valence-electron chi connectivity index (χ4n) is 2.51. The third kappa shape index (κ3) is 1.13. The zero-order chi connectivity index (χ0) is 9.54. The van der Waals surface area contributed by atoms with Gasteiger partial charge in [-0.25, -0.2) is 0 Å². The van der Waals surface area contributed by atoms with Crippen molar-refractivity contribution in [3.63, 3.8) is 0 Å². The van der Waals surface area contributed by atoms with Crippen LogP contribution < -0.4 is 0 Å². The standard InChI is InChI=1S/C12H12OS/c13-10-6-3-5-9-8-4-1-2-7-11(8)14-12(9)10/h1-2,4,7,9,12H,3,5-6H2. The maximum Gasteiger partial charge on any atom is 0.146 e. The molecule has 0 saturated heterocycles. The normalized spacial score (nSPS) is 29.9. The molecular weight excluding hydrogens is 192 g/mol. The van der Waals surface area contributed by atoms with Gasteiger partial charge in [0.05, 0.1) is 5.25 Å². The summed E-state index contributed by atoms with van der Waals surface area (Å²) in [5.41, 5.74) is 1.41. The van der Waals surface area contributed by atoms with Crippen molar-refractivity contribution in [2.45, 2.75) is 35.3 Å². The fourth-order valence-corrected chi connectivity index (χ4v) is 3.99. The van der Waals surface area contributed by atoms with Gasteiger partial charge in [0.2, 0.25) is 0 Å². The van der Waals surface area contributed by atoms with E-state index in [9.17, 15) is 4.79 Å². The Balaban J connectivity index is 2.04. The summed E-state index contributed by atoms with van der Waals surface area (Å²) in [7, 11) is 0. The van der Waals surface area contributed by atoms with E-state index in [2.05, 4.69) is 24.3 Å². The molecule has 1 fully saturated rings. The lowest BCUT2D eigenvalue weighted by Crippen LogP contribution is -2.25. The summed E-state index contributed by atoms with van der Waals surface area (Å²) >= 11 is 1.78. The van der Waals surface area contributed by atoms with Crippen molar-refractivity contribution in [3.8, 4) is 0 Å². The number of carbonyl (C=O) groups is 1. The molecule has 0 spiro atoms. The van der Waals surface area contributed by atoms with E-state index >= 15 is 0 Å². The number of carbonyl (C=O) groups excluding carboxylic acids is 1. The number of thioether (sulfide) groups is 1. The predicted molar refractivity (Wildman–Crippen MR) is 57.7 cm³/mol.